The van der Waals surface area contributed by atoms with Gasteiger partial charge >= 0.3 is 0 Å². The first kappa shape index (κ1) is 24.8. The molecule has 0 saturated carbocycles. The summed E-state index contributed by atoms with van der Waals surface area (Å²) < 4.78 is 25.7. The first-order valence-electron chi connectivity index (χ1n) is 12.9. The molecule has 0 amide bonds. The van der Waals surface area contributed by atoms with Gasteiger partial charge in [-0.25, -0.2) is 9.37 Å². The Morgan fingerprint density at radius 3 is 2.97 bits per heavy atom. The molecule has 0 saturated heterocycles. The van der Waals surface area contributed by atoms with Crippen molar-refractivity contribution in [3.05, 3.63) is 101 Å². The fraction of sp³-hybridized carbons (Fsp3) is 0.233. The maximum atomic E-state index is 14.7. The monoisotopic (exact) mass is 524 g/mol. The number of rotatable bonds is 7. The van der Waals surface area contributed by atoms with E-state index in [-0.39, 0.29) is 11.9 Å². The van der Waals surface area contributed by atoms with Crippen LogP contribution in [0.2, 0.25) is 0 Å². The van der Waals surface area contributed by atoms with Crippen molar-refractivity contribution < 1.29 is 13.9 Å². The highest BCUT2D eigenvalue weighted by molar-refractivity contribution is 6.14. The highest BCUT2D eigenvalue weighted by atomic mass is 19.1. The number of hydrogen-bond acceptors (Lipinski definition) is 7. The van der Waals surface area contributed by atoms with E-state index in [1.165, 1.54) is 6.07 Å². The lowest BCUT2D eigenvalue weighted by atomic mass is 9.97. The molecule has 2 aliphatic rings. The summed E-state index contributed by atoms with van der Waals surface area (Å²) in [5.41, 5.74) is 10.9. The van der Waals surface area contributed by atoms with Crippen molar-refractivity contribution in [1.29, 1.82) is 5.41 Å². The number of hydrogen-bond donors (Lipinski definition) is 3. The van der Waals surface area contributed by atoms with Crippen molar-refractivity contribution in [1.82, 2.24) is 20.1 Å². The summed E-state index contributed by atoms with van der Waals surface area (Å²) in [5.74, 6) is 2.31. The summed E-state index contributed by atoms with van der Waals surface area (Å²) in [5, 5.41) is 16.4. The van der Waals surface area contributed by atoms with Crippen LogP contribution in [-0.4, -0.2) is 46.1 Å². The normalized spacial score (nSPS) is 16.6. The van der Waals surface area contributed by atoms with Crippen LogP contribution in [0.1, 0.15) is 40.5 Å². The number of aromatic amines is 1. The van der Waals surface area contributed by atoms with Gasteiger partial charge in [0.05, 0.1) is 25.5 Å². The third-order valence-corrected chi connectivity index (χ3v) is 7.34. The summed E-state index contributed by atoms with van der Waals surface area (Å²) >= 11 is 0. The standard InChI is InChI=1S/C30H29FN6O2/c1-38-27-7-4-5-23(31)22(27)17-37-13-3-2-6-25(37)30-34-29(35-36-30)20-8-10-24(32)21(16-20)28(33)19-9-11-26-18(15-19)12-14-39-26/h2-5,7-11,15-16,25,33H,6,12-14,17,32H2,1H3,(H,34,35,36)/t25-/m1/s1. The van der Waals surface area contributed by atoms with E-state index in [2.05, 4.69) is 27.2 Å². The summed E-state index contributed by atoms with van der Waals surface area (Å²) in [6, 6.07) is 16.1. The third-order valence-electron chi connectivity index (χ3n) is 7.34. The lowest BCUT2D eigenvalue weighted by molar-refractivity contribution is 0.189. The van der Waals surface area contributed by atoms with Crippen molar-refractivity contribution >= 4 is 11.4 Å². The minimum atomic E-state index is -0.298. The third kappa shape index (κ3) is 4.77. The number of halogens is 1. The first-order chi connectivity index (χ1) is 19.0. The predicted octanol–water partition coefficient (Wildman–Crippen LogP) is 5.06. The number of ether oxygens (including phenoxy) is 2. The minimum Gasteiger partial charge on any atom is -0.496 e. The van der Waals surface area contributed by atoms with Crippen molar-refractivity contribution in [3.8, 4) is 22.9 Å². The van der Waals surface area contributed by atoms with E-state index in [4.69, 9.17) is 25.6 Å². The van der Waals surface area contributed by atoms with Crippen LogP contribution < -0.4 is 15.2 Å². The highest BCUT2D eigenvalue weighted by Crippen LogP contribution is 2.33. The molecule has 3 aromatic carbocycles. The summed E-state index contributed by atoms with van der Waals surface area (Å²) in [4.78, 5) is 6.96. The molecule has 1 aromatic heterocycles. The van der Waals surface area contributed by atoms with E-state index in [1.54, 1.807) is 25.3 Å². The Morgan fingerprint density at radius 2 is 2.10 bits per heavy atom. The maximum Gasteiger partial charge on any atom is 0.181 e. The average molecular weight is 525 g/mol. The number of nitrogen functional groups attached to an aromatic ring is 1. The molecule has 2 aliphatic heterocycles. The zero-order chi connectivity index (χ0) is 26.9. The van der Waals surface area contributed by atoms with Gasteiger partial charge in [0.2, 0.25) is 0 Å². The smallest absolute Gasteiger partial charge is 0.181 e. The molecule has 39 heavy (non-hydrogen) atoms. The van der Waals surface area contributed by atoms with Crippen molar-refractivity contribution in [3.63, 3.8) is 0 Å². The van der Waals surface area contributed by atoms with E-state index in [0.29, 0.717) is 66.0 Å². The van der Waals surface area contributed by atoms with Gasteiger partial charge in [0.15, 0.2) is 5.82 Å². The topological polar surface area (TPSA) is 113 Å². The molecule has 9 heteroatoms. The molecule has 4 aromatic rings. The van der Waals surface area contributed by atoms with Gasteiger partial charge < -0.3 is 15.2 Å². The van der Waals surface area contributed by atoms with Crippen molar-refractivity contribution in [2.24, 2.45) is 0 Å². The number of fused-ring (bicyclic) bond motifs is 1. The Labute approximate surface area is 225 Å². The van der Waals surface area contributed by atoms with E-state index in [0.717, 1.165) is 28.9 Å². The zero-order valence-corrected chi connectivity index (χ0v) is 21.6. The summed E-state index contributed by atoms with van der Waals surface area (Å²) in [6.07, 6.45) is 5.73. The molecular formula is C30H29FN6O2. The number of nitrogens with two attached hydrogens (primary N) is 1. The van der Waals surface area contributed by atoms with E-state index < -0.39 is 0 Å². The highest BCUT2D eigenvalue weighted by Gasteiger charge is 2.27. The first-order valence-corrected chi connectivity index (χ1v) is 12.9. The Hall–Kier alpha value is -4.50. The molecule has 4 N–H and O–H groups in total. The molecule has 6 rings (SSSR count). The summed E-state index contributed by atoms with van der Waals surface area (Å²) in [7, 11) is 1.55. The van der Waals surface area contributed by atoms with Crippen LogP contribution >= 0.6 is 0 Å². The number of nitrogens with one attached hydrogen (secondary N) is 2. The minimum absolute atomic E-state index is 0.110. The predicted molar refractivity (Wildman–Crippen MR) is 148 cm³/mol. The fourth-order valence-electron chi connectivity index (χ4n) is 5.22. The molecule has 0 radical (unpaired) electrons. The molecule has 0 unspecified atom stereocenters. The second-order valence-corrected chi connectivity index (χ2v) is 9.72. The Kier molecular flexibility index (Phi) is 6.58. The van der Waals surface area contributed by atoms with Gasteiger partial charge in [0, 0.05) is 47.5 Å². The molecule has 0 fully saturated rings. The van der Waals surface area contributed by atoms with Crippen LogP contribution in [0.3, 0.4) is 0 Å². The van der Waals surface area contributed by atoms with Crippen LogP contribution in [0.4, 0.5) is 10.1 Å². The Bertz CT molecular complexity index is 1580. The maximum absolute atomic E-state index is 14.7. The van der Waals surface area contributed by atoms with Crippen LogP contribution in [-0.2, 0) is 13.0 Å². The second-order valence-electron chi connectivity index (χ2n) is 9.72. The van der Waals surface area contributed by atoms with Crippen molar-refractivity contribution in [2.45, 2.75) is 25.4 Å². The second kappa shape index (κ2) is 10.3. The van der Waals surface area contributed by atoms with E-state index in [1.807, 2.05) is 30.3 Å². The van der Waals surface area contributed by atoms with Gasteiger partial charge in [-0.05, 0) is 60.5 Å². The molecule has 0 aliphatic carbocycles. The van der Waals surface area contributed by atoms with Gasteiger partial charge in [-0.15, -0.1) is 0 Å². The van der Waals surface area contributed by atoms with Gasteiger partial charge in [0.25, 0.3) is 0 Å². The molecule has 8 nitrogen and oxygen atoms in total. The van der Waals surface area contributed by atoms with Crippen LogP contribution in [0.15, 0.2) is 66.7 Å². The number of nitrogens with zero attached hydrogens (tertiary/aromatic N) is 3. The largest absolute Gasteiger partial charge is 0.496 e. The van der Waals surface area contributed by atoms with E-state index >= 15 is 0 Å². The lowest BCUT2D eigenvalue weighted by Gasteiger charge is -2.31. The lowest BCUT2D eigenvalue weighted by Crippen LogP contribution is -2.32. The number of anilines is 1. The Morgan fingerprint density at radius 1 is 1.21 bits per heavy atom. The summed E-state index contributed by atoms with van der Waals surface area (Å²) in [6.45, 7) is 1.68. The van der Waals surface area contributed by atoms with Crippen LogP contribution in [0.25, 0.3) is 11.4 Å². The van der Waals surface area contributed by atoms with Gasteiger partial charge in [-0.3, -0.25) is 15.4 Å². The van der Waals surface area contributed by atoms with Gasteiger partial charge in [-0.2, -0.15) is 5.10 Å². The number of benzene rings is 3. The molecule has 3 heterocycles. The number of H-pyrrole nitrogens is 1. The van der Waals surface area contributed by atoms with Gasteiger partial charge in [-0.1, -0.05) is 18.2 Å². The van der Waals surface area contributed by atoms with Crippen LogP contribution in [0, 0.1) is 11.2 Å². The SMILES string of the molecule is COc1cccc(F)c1CN1CC=CC[C@@H]1c1nc(-c2ccc(N)c(C(=N)c3ccc4c(c3)CCO4)c2)n[nH]1. The zero-order valence-electron chi connectivity index (χ0n) is 21.6. The van der Waals surface area contributed by atoms with Crippen LogP contribution in [0.5, 0.6) is 11.5 Å². The molecular weight excluding hydrogens is 495 g/mol. The fourth-order valence-corrected chi connectivity index (χ4v) is 5.22. The Balaban J connectivity index is 1.27. The average Bonchev–Trinajstić information content (AvgIpc) is 3.64. The van der Waals surface area contributed by atoms with E-state index in [9.17, 15) is 4.39 Å². The number of aromatic nitrogens is 3. The molecule has 0 bridgehead atoms. The van der Waals surface area contributed by atoms with Gasteiger partial charge in [0.1, 0.15) is 23.1 Å². The van der Waals surface area contributed by atoms with Crippen molar-refractivity contribution in [2.75, 3.05) is 26.0 Å². The number of methoxy groups -OCH3 is 1. The quantitative estimate of drug-likeness (QED) is 0.177. The molecule has 1 atom stereocenters. The molecule has 0 spiro atoms. The molecule has 198 valence electrons.